The van der Waals surface area contributed by atoms with Crippen molar-refractivity contribution >= 4 is 11.8 Å². The summed E-state index contributed by atoms with van der Waals surface area (Å²) in [5.74, 6) is 0.0100. The monoisotopic (exact) mass is 374 g/mol. The van der Waals surface area contributed by atoms with Crippen LogP contribution < -0.4 is 5.73 Å². The van der Waals surface area contributed by atoms with Crippen molar-refractivity contribution in [3.63, 3.8) is 0 Å². The summed E-state index contributed by atoms with van der Waals surface area (Å²) in [5, 5.41) is 15.1. The molecule has 6 nitrogen and oxygen atoms in total. The summed E-state index contributed by atoms with van der Waals surface area (Å²) in [6.07, 6.45) is -1.60. The molecule has 9 heteroatoms. The molecule has 26 heavy (non-hydrogen) atoms. The number of alkyl halides is 3. The molecule has 0 aromatic heterocycles. The van der Waals surface area contributed by atoms with Gasteiger partial charge in [0.15, 0.2) is 5.84 Å². The number of nitrogens with zero attached hydrogens (tertiary/aromatic N) is 3. The number of hydrazone groups is 1. The van der Waals surface area contributed by atoms with Crippen LogP contribution >= 0.6 is 0 Å². The topological polar surface area (TPSA) is 82.2 Å². The van der Waals surface area contributed by atoms with Gasteiger partial charge in [0.1, 0.15) is 5.70 Å². The summed E-state index contributed by atoms with van der Waals surface area (Å²) in [4.78, 5) is 12.6. The Morgan fingerprint density at radius 3 is 2.50 bits per heavy atom. The smallest absolute Gasteiger partial charge is 0.431 e. The molecule has 3 rings (SSSR count). The summed E-state index contributed by atoms with van der Waals surface area (Å²) >= 11 is 0. The molecule has 3 aliphatic rings. The van der Waals surface area contributed by atoms with Gasteiger partial charge in [-0.2, -0.15) is 18.3 Å². The highest BCUT2D eigenvalue weighted by Gasteiger charge is 2.41. The quantitative estimate of drug-likeness (QED) is 0.772. The van der Waals surface area contributed by atoms with Crippen LogP contribution in [0.2, 0.25) is 0 Å². The van der Waals surface area contributed by atoms with Gasteiger partial charge in [-0.05, 0) is 44.4 Å². The van der Waals surface area contributed by atoms with E-state index in [1.165, 1.54) is 0 Å². The second-order valence-corrected chi connectivity index (χ2v) is 7.61. The fourth-order valence-electron chi connectivity index (χ4n) is 3.90. The van der Waals surface area contributed by atoms with Crippen molar-refractivity contribution in [2.45, 2.75) is 51.2 Å². The van der Waals surface area contributed by atoms with Crippen LogP contribution in [0, 0.1) is 11.8 Å². The summed E-state index contributed by atoms with van der Waals surface area (Å²) < 4.78 is 39.3. The van der Waals surface area contributed by atoms with Crippen molar-refractivity contribution in [3.8, 4) is 0 Å². The fraction of sp³-hybridized carbons (Fsp3) is 0.765. The average molecular weight is 374 g/mol. The molecule has 2 aliphatic heterocycles. The van der Waals surface area contributed by atoms with Gasteiger partial charge in [-0.1, -0.05) is 0 Å². The van der Waals surface area contributed by atoms with Crippen LogP contribution in [0.3, 0.4) is 0 Å². The molecule has 0 aromatic carbocycles. The number of halogens is 3. The van der Waals surface area contributed by atoms with Crippen LogP contribution in [0.15, 0.2) is 16.4 Å². The van der Waals surface area contributed by atoms with Gasteiger partial charge in [0.2, 0.25) is 0 Å². The van der Waals surface area contributed by atoms with E-state index in [1.807, 2.05) is 16.8 Å². The van der Waals surface area contributed by atoms with Crippen LogP contribution in [0.1, 0.15) is 39.0 Å². The van der Waals surface area contributed by atoms with Gasteiger partial charge >= 0.3 is 12.1 Å². The molecule has 1 atom stereocenters. The van der Waals surface area contributed by atoms with Gasteiger partial charge in [-0.15, -0.1) is 0 Å². The molecule has 0 spiro atoms. The van der Waals surface area contributed by atoms with Crippen LogP contribution in [0.25, 0.3) is 0 Å². The largest absolute Gasteiger partial charge is 0.481 e. The average Bonchev–Trinajstić information content (AvgIpc) is 2.89. The summed E-state index contributed by atoms with van der Waals surface area (Å²) in [6, 6.07) is 0.224. The second-order valence-electron chi connectivity index (χ2n) is 7.61. The minimum atomic E-state index is -4.56. The predicted molar refractivity (Wildman–Crippen MR) is 90.1 cm³/mol. The lowest BCUT2D eigenvalue weighted by Crippen LogP contribution is -2.44. The number of hydrogen-bond acceptors (Lipinski definition) is 4. The molecular formula is C17H25F3N4O2. The summed E-state index contributed by atoms with van der Waals surface area (Å²) in [7, 11) is 0. The molecule has 1 unspecified atom stereocenters. The number of rotatable bonds is 5. The Morgan fingerprint density at radius 2 is 2.00 bits per heavy atom. The zero-order valence-electron chi connectivity index (χ0n) is 14.8. The lowest BCUT2D eigenvalue weighted by Gasteiger charge is -2.39. The van der Waals surface area contributed by atoms with Gasteiger partial charge in [0.25, 0.3) is 0 Å². The number of amidine groups is 1. The van der Waals surface area contributed by atoms with Crippen molar-refractivity contribution in [1.29, 1.82) is 0 Å². The van der Waals surface area contributed by atoms with Crippen molar-refractivity contribution in [2.24, 2.45) is 22.7 Å². The lowest BCUT2D eigenvalue weighted by atomic mass is 9.73. The van der Waals surface area contributed by atoms with E-state index in [9.17, 15) is 18.0 Å². The van der Waals surface area contributed by atoms with Crippen LogP contribution in [-0.4, -0.2) is 58.7 Å². The predicted octanol–water partition coefficient (Wildman–Crippen LogP) is 2.38. The van der Waals surface area contributed by atoms with Crippen LogP contribution in [0.5, 0.6) is 0 Å². The number of carboxylic acids is 1. The van der Waals surface area contributed by atoms with E-state index < -0.39 is 17.8 Å². The number of hydrogen-bond donors (Lipinski definition) is 2. The van der Waals surface area contributed by atoms with Gasteiger partial charge in [0.05, 0.1) is 0 Å². The molecule has 146 valence electrons. The maximum Gasteiger partial charge on any atom is 0.431 e. The number of nitrogens with two attached hydrogens (primary N) is 1. The van der Waals surface area contributed by atoms with E-state index in [0.29, 0.717) is 24.8 Å². The van der Waals surface area contributed by atoms with Crippen molar-refractivity contribution in [3.05, 3.63) is 11.3 Å². The second kappa shape index (κ2) is 7.00. The molecule has 1 saturated carbocycles. The van der Waals surface area contributed by atoms with Gasteiger partial charge in [0, 0.05) is 37.7 Å². The zero-order chi connectivity index (χ0) is 19.1. The Morgan fingerprint density at radius 1 is 1.31 bits per heavy atom. The third-order valence-electron chi connectivity index (χ3n) is 5.61. The molecule has 0 aromatic rings. The first-order valence-corrected chi connectivity index (χ1v) is 9.03. The SMILES string of the molecule is CC1CCN1N=C1C(=C(N)C(F)(F)F)CCN1CC1CC(CC(=O)O)C1. The van der Waals surface area contributed by atoms with Gasteiger partial charge < -0.3 is 15.7 Å². The number of carbonyl (C=O) groups is 1. The maximum atomic E-state index is 13.1. The number of carboxylic acid groups (broad SMARTS) is 1. The van der Waals surface area contributed by atoms with Gasteiger partial charge in [-0.3, -0.25) is 9.80 Å². The Kier molecular flexibility index (Phi) is 5.07. The van der Waals surface area contributed by atoms with E-state index in [-0.39, 0.29) is 30.4 Å². The lowest BCUT2D eigenvalue weighted by molar-refractivity contribution is -0.139. The van der Waals surface area contributed by atoms with Crippen molar-refractivity contribution < 1.29 is 23.1 Å². The summed E-state index contributed by atoms with van der Waals surface area (Å²) in [6.45, 7) is 3.80. The highest BCUT2D eigenvalue weighted by Crippen LogP contribution is 2.38. The standard InChI is InChI=1S/C17H25F3N4O2/c1-10-2-5-24(10)22-16-13(15(21)17(18,19)20)3-4-23(16)9-12-6-11(7-12)8-14(25)26/h10-12H,2-9,21H2,1H3,(H,25,26). The fourth-order valence-corrected chi connectivity index (χ4v) is 3.90. The highest BCUT2D eigenvalue weighted by molar-refractivity contribution is 6.01. The molecule has 0 bridgehead atoms. The normalized spacial score (nSPS) is 32.5. The Bertz CT molecular complexity index is 626. The minimum Gasteiger partial charge on any atom is -0.481 e. The molecule has 0 radical (unpaired) electrons. The molecule has 3 N–H and O–H groups in total. The van der Waals surface area contributed by atoms with E-state index in [2.05, 4.69) is 5.10 Å². The highest BCUT2D eigenvalue weighted by atomic mass is 19.4. The molecule has 1 aliphatic carbocycles. The third-order valence-corrected chi connectivity index (χ3v) is 5.61. The number of likely N-dealkylation sites (tertiary alicyclic amines) is 1. The summed E-state index contributed by atoms with van der Waals surface area (Å²) in [5.41, 5.74) is 4.43. The first-order valence-electron chi connectivity index (χ1n) is 9.03. The first kappa shape index (κ1) is 18.8. The Labute approximate surface area is 150 Å². The van der Waals surface area contributed by atoms with Crippen molar-refractivity contribution in [1.82, 2.24) is 9.91 Å². The first-order chi connectivity index (χ1) is 12.1. The third kappa shape index (κ3) is 3.91. The Balaban J connectivity index is 1.72. The van der Waals surface area contributed by atoms with E-state index in [0.717, 1.165) is 25.8 Å². The van der Waals surface area contributed by atoms with E-state index >= 15 is 0 Å². The molecule has 2 saturated heterocycles. The van der Waals surface area contributed by atoms with Crippen LogP contribution in [0.4, 0.5) is 13.2 Å². The van der Waals surface area contributed by atoms with E-state index in [1.54, 1.807) is 0 Å². The number of allylic oxidation sites excluding steroid dienone is 1. The molecule has 2 heterocycles. The number of aliphatic carboxylic acids is 1. The molecular weight excluding hydrogens is 349 g/mol. The maximum absolute atomic E-state index is 13.1. The minimum absolute atomic E-state index is 0.0815. The molecule has 3 fully saturated rings. The molecule has 0 amide bonds. The van der Waals surface area contributed by atoms with Crippen molar-refractivity contribution in [2.75, 3.05) is 19.6 Å². The zero-order valence-corrected chi connectivity index (χ0v) is 14.8. The van der Waals surface area contributed by atoms with Crippen LogP contribution in [-0.2, 0) is 4.79 Å². The Hall–Kier alpha value is -1.93. The van der Waals surface area contributed by atoms with Gasteiger partial charge in [-0.25, -0.2) is 0 Å². The van der Waals surface area contributed by atoms with E-state index in [4.69, 9.17) is 10.8 Å².